The molecule has 1 unspecified atom stereocenters. The summed E-state index contributed by atoms with van der Waals surface area (Å²) < 4.78 is 84.4. The molecular formula is C29H25ClF4N4O5S. The van der Waals surface area contributed by atoms with E-state index in [0.717, 1.165) is 21.0 Å². The average molecular weight is 653 g/mol. The Morgan fingerprint density at radius 2 is 1.93 bits per heavy atom. The molecule has 3 aliphatic rings. The minimum absolute atomic E-state index is 0.0167. The number of hydrogen-bond donors (Lipinski definition) is 0. The Balaban J connectivity index is 1.46. The molecule has 1 saturated heterocycles. The van der Waals surface area contributed by atoms with Gasteiger partial charge in [-0.25, -0.2) is 16.8 Å². The maximum Gasteiger partial charge on any atom is 0.522 e. The van der Waals surface area contributed by atoms with Crippen LogP contribution in [0, 0.1) is 5.82 Å². The zero-order valence-electron chi connectivity index (χ0n) is 23.1. The van der Waals surface area contributed by atoms with Crippen LogP contribution in [-0.4, -0.2) is 69.8 Å². The molecule has 1 aromatic carbocycles. The lowest BCUT2D eigenvalue weighted by molar-refractivity contribution is -0.324. The normalized spacial score (nSPS) is 23.7. The molecule has 0 radical (unpaired) electrons. The van der Waals surface area contributed by atoms with E-state index in [2.05, 4.69) is 9.72 Å². The van der Waals surface area contributed by atoms with Crippen LogP contribution < -0.4 is 0 Å². The molecule has 44 heavy (non-hydrogen) atoms. The third-order valence-corrected chi connectivity index (χ3v) is 11.0. The van der Waals surface area contributed by atoms with Gasteiger partial charge >= 0.3 is 6.36 Å². The number of allylic oxidation sites excluding steroid dienone is 3. The Hall–Kier alpha value is -3.75. The number of likely N-dealkylation sites (tertiary alicyclic amines) is 1. The van der Waals surface area contributed by atoms with E-state index in [-0.39, 0.29) is 46.8 Å². The predicted molar refractivity (Wildman–Crippen MR) is 151 cm³/mol. The molecule has 232 valence electrons. The van der Waals surface area contributed by atoms with Crippen molar-refractivity contribution in [2.75, 3.05) is 19.7 Å². The number of nitrogens with zero attached hydrogens (tertiary/aromatic N) is 4. The summed E-state index contributed by atoms with van der Waals surface area (Å²) in [5.41, 5.74) is -0.964. The SMILES string of the molecule is CC1(S(=O)(=O)n2c(CN3C(=O)c4cc(F)ccc4[C@]34CCN(CCOC(F)(F)F)C4=O)cc3ncccc32)C=C(Cl)C=CC1. The molecule has 1 spiro atoms. The lowest BCUT2D eigenvalue weighted by Crippen LogP contribution is -2.50. The first-order valence-electron chi connectivity index (χ1n) is 13.6. The molecule has 6 rings (SSSR count). The maximum absolute atomic E-state index is 14.4. The third kappa shape index (κ3) is 4.70. The number of benzene rings is 1. The molecule has 1 aliphatic carbocycles. The molecular weight excluding hydrogens is 628 g/mol. The standard InChI is InChI=1S/C29H25ClF4N4O5S/c1-27(8-2-4-18(30)16-27)44(41,42)38-20(15-23-24(38)5-3-10-35-23)17-37-25(39)21-14-19(31)6-7-22(21)28(37)9-11-36(26(28)40)12-13-43-29(32,33)34/h2-7,10,14-16H,8-9,11-13,17H2,1H3/t27?,28-/m0/s1. The second-order valence-electron chi connectivity index (χ2n) is 11.0. The smallest absolute Gasteiger partial charge is 0.338 e. The van der Waals surface area contributed by atoms with Gasteiger partial charge in [-0.1, -0.05) is 23.7 Å². The highest BCUT2D eigenvalue weighted by Gasteiger charge is 2.59. The summed E-state index contributed by atoms with van der Waals surface area (Å²) >= 11 is 6.21. The minimum atomic E-state index is -4.89. The van der Waals surface area contributed by atoms with Crippen molar-refractivity contribution in [3.8, 4) is 0 Å². The van der Waals surface area contributed by atoms with Crippen LogP contribution in [0.1, 0.15) is 41.4 Å². The van der Waals surface area contributed by atoms with Crippen molar-refractivity contribution in [2.24, 2.45) is 0 Å². The van der Waals surface area contributed by atoms with Crippen LogP contribution in [0.5, 0.6) is 0 Å². The van der Waals surface area contributed by atoms with Gasteiger partial charge in [-0.3, -0.25) is 19.3 Å². The van der Waals surface area contributed by atoms with E-state index in [9.17, 15) is 35.6 Å². The van der Waals surface area contributed by atoms with Gasteiger partial charge in [0.1, 0.15) is 16.1 Å². The number of rotatable bonds is 7. The fourth-order valence-corrected chi connectivity index (χ4v) is 8.52. The molecule has 2 amide bonds. The van der Waals surface area contributed by atoms with E-state index in [4.69, 9.17) is 11.6 Å². The number of carbonyl (C=O) groups is 2. The molecule has 4 heterocycles. The number of ether oxygens (including phenoxy) is 1. The first kappa shape index (κ1) is 30.3. The van der Waals surface area contributed by atoms with Crippen LogP contribution in [0.25, 0.3) is 11.0 Å². The van der Waals surface area contributed by atoms with Gasteiger partial charge in [0.15, 0.2) is 0 Å². The van der Waals surface area contributed by atoms with Crippen molar-refractivity contribution in [1.29, 1.82) is 0 Å². The summed E-state index contributed by atoms with van der Waals surface area (Å²) in [6.45, 7) is -0.139. The maximum atomic E-state index is 14.4. The summed E-state index contributed by atoms with van der Waals surface area (Å²) in [5, 5.41) is 0.232. The topological polar surface area (TPSA) is 102 Å². The lowest BCUT2D eigenvalue weighted by atomic mass is 9.87. The van der Waals surface area contributed by atoms with Crippen molar-refractivity contribution >= 4 is 44.5 Å². The summed E-state index contributed by atoms with van der Waals surface area (Å²) in [6.07, 6.45) is 1.34. The molecule has 2 aromatic heterocycles. The number of pyridine rings is 1. The van der Waals surface area contributed by atoms with E-state index in [1.54, 1.807) is 24.3 Å². The van der Waals surface area contributed by atoms with Crippen LogP contribution in [0.2, 0.25) is 0 Å². The molecule has 3 aromatic rings. The highest BCUT2D eigenvalue weighted by atomic mass is 35.5. The number of amides is 2. The molecule has 0 bridgehead atoms. The minimum Gasteiger partial charge on any atom is -0.338 e. The first-order valence-corrected chi connectivity index (χ1v) is 15.4. The van der Waals surface area contributed by atoms with Crippen molar-refractivity contribution in [3.63, 3.8) is 0 Å². The van der Waals surface area contributed by atoms with Gasteiger partial charge in [0, 0.05) is 41.9 Å². The van der Waals surface area contributed by atoms with Crippen molar-refractivity contribution in [3.05, 3.63) is 88.5 Å². The van der Waals surface area contributed by atoms with Gasteiger partial charge in [-0.2, -0.15) is 0 Å². The average Bonchev–Trinajstić information content (AvgIpc) is 3.55. The van der Waals surface area contributed by atoms with E-state index in [1.165, 1.54) is 36.2 Å². The zero-order chi connectivity index (χ0) is 31.7. The van der Waals surface area contributed by atoms with E-state index in [1.807, 2.05) is 0 Å². The Morgan fingerprint density at radius 1 is 1.16 bits per heavy atom. The number of alkyl halides is 3. The fraction of sp³-hybridized carbons (Fsp3) is 0.345. The molecule has 2 atom stereocenters. The molecule has 0 saturated carbocycles. The van der Waals surface area contributed by atoms with Crippen molar-refractivity contribution in [2.45, 2.75) is 43.0 Å². The Morgan fingerprint density at radius 3 is 2.66 bits per heavy atom. The van der Waals surface area contributed by atoms with Crippen molar-refractivity contribution in [1.82, 2.24) is 18.8 Å². The Kier molecular flexibility index (Phi) is 7.17. The number of aromatic nitrogens is 2. The highest BCUT2D eigenvalue weighted by Crippen LogP contribution is 2.48. The van der Waals surface area contributed by atoms with Gasteiger partial charge in [0.25, 0.3) is 11.8 Å². The van der Waals surface area contributed by atoms with Gasteiger partial charge in [-0.15, -0.1) is 13.2 Å². The van der Waals surface area contributed by atoms with E-state index >= 15 is 0 Å². The van der Waals surface area contributed by atoms with E-state index in [0.29, 0.717) is 5.52 Å². The summed E-state index contributed by atoms with van der Waals surface area (Å²) in [6, 6.07) is 8.03. The number of halogens is 5. The van der Waals surface area contributed by atoms with Crippen LogP contribution in [0.3, 0.4) is 0 Å². The zero-order valence-corrected chi connectivity index (χ0v) is 24.7. The van der Waals surface area contributed by atoms with Crippen LogP contribution >= 0.6 is 11.6 Å². The Labute approximate surface area is 254 Å². The van der Waals surface area contributed by atoms with Gasteiger partial charge in [0.05, 0.1) is 29.9 Å². The number of hydrogen-bond acceptors (Lipinski definition) is 6. The Bertz CT molecular complexity index is 1870. The highest BCUT2D eigenvalue weighted by molar-refractivity contribution is 7.91. The molecule has 1 fully saturated rings. The number of fused-ring (bicyclic) bond motifs is 3. The quantitative estimate of drug-likeness (QED) is 0.340. The second kappa shape index (κ2) is 10.4. The summed E-state index contributed by atoms with van der Waals surface area (Å²) in [7, 11) is -4.28. The molecule has 9 nitrogen and oxygen atoms in total. The van der Waals surface area contributed by atoms with Crippen LogP contribution in [0.15, 0.2) is 65.9 Å². The van der Waals surface area contributed by atoms with Gasteiger partial charge in [0.2, 0.25) is 10.0 Å². The first-order chi connectivity index (χ1) is 20.7. The molecule has 2 aliphatic heterocycles. The fourth-order valence-electron chi connectivity index (χ4n) is 6.29. The number of carbonyl (C=O) groups excluding carboxylic acids is 2. The molecule has 15 heteroatoms. The van der Waals surface area contributed by atoms with Gasteiger partial charge < -0.3 is 9.80 Å². The molecule has 0 N–H and O–H groups in total. The summed E-state index contributed by atoms with van der Waals surface area (Å²) in [5.74, 6) is -2.12. The third-order valence-electron chi connectivity index (χ3n) is 8.37. The van der Waals surface area contributed by atoms with Crippen LogP contribution in [0.4, 0.5) is 17.6 Å². The summed E-state index contributed by atoms with van der Waals surface area (Å²) in [4.78, 5) is 34.5. The largest absolute Gasteiger partial charge is 0.522 e. The van der Waals surface area contributed by atoms with E-state index < -0.39 is 64.0 Å². The predicted octanol–water partition coefficient (Wildman–Crippen LogP) is 4.81. The van der Waals surface area contributed by atoms with Gasteiger partial charge in [-0.05, 0) is 55.8 Å². The monoisotopic (exact) mass is 652 g/mol. The second-order valence-corrected chi connectivity index (χ2v) is 13.7. The van der Waals surface area contributed by atoms with Crippen LogP contribution in [-0.2, 0) is 31.6 Å². The lowest BCUT2D eigenvalue weighted by Gasteiger charge is -2.35. The van der Waals surface area contributed by atoms with Crippen molar-refractivity contribution < 1.29 is 40.3 Å².